The Morgan fingerprint density at radius 1 is 1.05 bits per heavy atom. The first-order valence-corrected chi connectivity index (χ1v) is 12.6. The van der Waals surface area contributed by atoms with Crippen LogP contribution >= 0.6 is 11.6 Å². The predicted molar refractivity (Wildman–Crippen MR) is 143 cm³/mol. The van der Waals surface area contributed by atoms with Gasteiger partial charge in [-0.25, -0.2) is 13.8 Å². The third kappa shape index (κ3) is 5.72. The Kier molecular flexibility index (Phi) is 8.15. The molecule has 0 bridgehead atoms. The highest BCUT2D eigenvalue weighted by molar-refractivity contribution is 6.34. The minimum atomic E-state index is -5.59. The van der Waals surface area contributed by atoms with Crippen molar-refractivity contribution in [2.45, 2.75) is 38.1 Å². The van der Waals surface area contributed by atoms with Gasteiger partial charge in [0.15, 0.2) is 5.82 Å². The highest BCUT2D eigenvalue weighted by Gasteiger charge is 2.58. The van der Waals surface area contributed by atoms with Crippen molar-refractivity contribution in [3.05, 3.63) is 81.6 Å². The first kappa shape index (κ1) is 31.0. The Morgan fingerprint density at radius 2 is 1.69 bits per heavy atom. The Labute approximate surface area is 241 Å². The molecule has 4 aromatic rings. The number of nitrogens with one attached hydrogen (secondary N) is 1. The molecule has 0 saturated carbocycles. The van der Waals surface area contributed by atoms with Crippen LogP contribution in [0.15, 0.2) is 42.5 Å². The van der Waals surface area contributed by atoms with Gasteiger partial charge in [0.25, 0.3) is 5.91 Å². The topological polar surface area (TPSA) is 117 Å². The summed E-state index contributed by atoms with van der Waals surface area (Å²) in [6.07, 6.45) is -5.59. The molecular formula is C28H24ClF5N4O4. The second kappa shape index (κ2) is 11.0. The number of aliphatic hydroxyl groups is 2. The Hall–Kier alpha value is -3.94. The number of hydrogen-bond donors (Lipinski definition) is 3. The molecule has 0 radical (unpaired) electrons. The summed E-state index contributed by atoms with van der Waals surface area (Å²) in [5.41, 5.74) is -8.44. The number of fused-ring (bicyclic) bond motifs is 1. The fraction of sp³-hybridized carbons (Fsp3) is 0.286. The molecule has 14 heteroatoms. The van der Waals surface area contributed by atoms with Crippen LogP contribution in [0, 0.1) is 18.6 Å². The third-order valence-electron chi connectivity index (χ3n) is 6.43. The van der Waals surface area contributed by atoms with E-state index in [2.05, 4.69) is 15.2 Å². The molecule has 4 rings (SSSR count). The van der Waals surface area contributed by atoms with Crippen LogP contribution in [0.4, 0.5) is 22.0 Å². The average Bonchev–Trinajstić information content (AvgIpc) is 2.90. The lowest BCUT2D eigenvalue weighted by atomic mass is 9.89. The van der Waals surface area contributed by atoms with Crippen molar-refractivity contribution < 1.29 is 41.7 Å². The molecule has 2 heterocycles. The van der Waals surface area contributed by atoms with E-state index in [1.54, 1.807) is 13.0 Å². The molecule has 2 aromatic heterocycles. The van der Waals surface area contributed by atoms with Gasteiger partial charge in [-0.2, -0.15) is 18.3 Å². The molecule has 8 nitrogen and oxygen atoms in total. The molecule has 0 saturated heterocycles. The predicted octanol–water partition coefficient (Wildman–Crippen LogP) is 5.35. The molecule has 0 aliphatic rings. The van der Waals surface area contributed by atoms with Crippen LogP contribution in [-0.2, 0) is 11.2 Å². The summed E-state index contributed by atoms with van der Waals surface area (Å²) < 4.78 is 78.1. The number of methoxy groups -OCH3 is 1. The summed E-state index contributed by atoms with van der Waals surface area (Å²) in [6.45, 7) is 2.21. The van der Waals surface area contributed by atoms with E-state index >= 15 is 4.39 Å². The van der Waals surface area contributed by atoms with Crippen LogP contribution in [0.5, 0.6) is 5.75 Å². The number of alkyl halides is 3. The highest BCUT2D eigenvalue weighted by Crippen LogP contribution is 2.45. The summed E-state index contributed by atoms with van der Waals surface area (Å²) in [4.78, 5) is 16.8. The van der Waals surface area contributed by atoms with Crippen LogP contribution in [0.1, 0.15) is 41.2 Å². The molecule has 222 valence electrons. The highest BCUT2D eigenvalue weighted by atomic mass is 35.5. The van der Waals surface area contributed by atoms with Crippen molar-refractivity contribution in [2.75, 3.05) is 13.7 Å². The van der Waals surface area contributed by atoms with Gasteiger partial charge in [-0.15, -0.1) is 5.10 Å². The number of carbonyl (C=O) groups excluding carboxylic acids is 1. The zero-order chi connectivity index (χ0) is 31.2. The quantitative estimate of drug-likeness (QED) is 0.242. The number of hydrogen-bond acceptors (Lipinski definition) is 7. The van der Waals surface area contributed by atoms with Crippen LogP contribution in [0.2, 0.25) is 5.02 Å². The standard InChI is InChI=1S/C28H24ClF5N4O4/c1-13-9-15-10-16(11-18(42-4)22(15)38-37-13)25(39)35-12-27(41,28(32,33)34)24-21(31)19(26(2,3)40)20(29)23(36-24)14-5-7-17(30)8-6-14/h5-11,40-41H,12H2,1-4H3,(H,35,39). The van der Waals surface area contributed by atoms with Gasteiger partial charge in [0.2, 0.25) is 5.60 Å². The molecule has 1 amide bonds. The number of benzene rings is 2. The number of amides is 1. The number of carbonyl (C=O) groups is 1. The summed E-state index contributed by atoms with van der Waals surface area (Å²) in [7, 11) is 1.30. The molecule has 42 heavy (non-hydrogen) atoms. The number of aryl methyl sites for hydroxylation is 1. The number of rotatable bonds is 7. The monoisotopic (exact) mass is 610 g/mol. The van der Waals surface area contributed by atoms with E-state index in [0.717, 1.165) is 38.1 Å². The van der Waals surface area contributed by atoms with Gasteiger partial charge in [0.1, 0.15) is 22.8 Å². The zero-order valence-corrected chi connectivity index (χ0v) is 23.3. The molecule has 1 unspecified atom stereocenters. The summed E-state index contributed by atoms with van der Waals surface area (Å²) in [6, 6.07) is 8.34. The van der Waals surface area contributed by atoms with Gasteiger partial charge in [-0.3, -0.25) is 4.79 Å². The fourth-order valence-corrected chi connectivity index (χ4v) is 4.76. The van der Waals surface area contributed by atoms with Crippen LogP contribution in [0.3, 0.4) is 0 Å². The minimum Gasteiger partial charge on any atom is -0.494 e. The summed E-state index contributed by atoms with van der Waals surface area (Å²) >= 11 is 6.29. The minimum absolute atomic E-state index is 0.0247. The number of aromatic nitrogens is 3. The van der Waals surface area contributed by atoms with Crippen molar-refractivity contribution in [3.8, 4) is 17.0 Å². The molecule has 3 N–H and O–H groups in total. The summed E-state index contributed by atoms with van der Waals surface area (Å²) in [5.74, 6) is -3.38. The number of ether oxygens (including phenoxy) is 1. The van der Waals surface area contributed by atoms with E-state index < -0.39 is 63.4 Å². The van der Waals surface area contributed by atoms with Crippen LogP contribution in [0.25, 0.3) is 22.2 Å². The van der Waals surface area contributed by atoms with Gasteiger partial charge in [0, 0.05) is 22.1 Å². The first-order chi connectivity index (χ1) is 19.5. The largest absolute Gasteiger partial charge is 0.494 e. The second-order valence-corrected chi connectivity index (χ2v) is 10.4. The van der Waals surface area contributed by atoms with E-state index in [1.165, 1.54) is 19.2 Å². The van der Waals surface area contributed by atoms with Gasteiger partial charge in [-0.05, 0) is 63.2 Å². The lowest BCUT2D eigenvalue weighted by molar-refractivity contribution is -0.266. The number of halogens is 6. The Morgan fingerprint density at radius 3 is 2.26 bits per heavy atom. The number of nitrogens with zero attached hydrogens (tertiary/aromatic N) is 3. The van der Waals surface area contributed by atoms with Crippen molar-refractivity contribution in [3.63, 3.8) is 0 Å². The first-order valence-electron chi connectivity index (χ1n) is 12.3. The van der Waals surface area contributed by atoms with Crippen molar-refractivity contribution in [1.29, 1.82) is 0 Å². The normalized spacial score (nSPS) is 13.6. The Balaban J connectivity index is 1.83. The van der Waals surface area contributed by atoms with E-state index in [0.29, 0.717) is 16.6 Å². The molecule has 0 aliphatic heterocycles. The SMILES string of the molecule is COc1cc(C(=O)NCC(O)(c2nc(-c3ccc(F)cc3)c(Cl)c(C(C)(C)O)c2F)C(F)(F)F)cc2cc(C)nnc12. The zero-order valence-electron chi connectivity index (χ0n) is 22.6. The number of pyridine rings is 1. The second-order valence-electron chi connectivity index (χ2n) is 10.0. The molecule has 0 spiro atoms. The summed E-state index contributed by atoms with van der Waals surface area (Å²) in [5, 5.41) is 31.4. The van der Waals surface area contributed by atoms with Gasteiger partial charge in [-0.1, -0.05) is 11.6 Å². The van der Waals surface area contributed by atoms with E-state index in [-0.39, 0.29) is 16.9 Å². The van der Waals surface area contributed by atoms with Crippen LogP contribution < -0.4 is 10.1 Å². The molecule has 1 atom stereocenters. The lowest BCUT2D eigenvalue weighted by Gasteiger charge is -2.33. The van der Waals surface area contributed by atoms with E-state index in [4.69, 9.17) is 16.3 Å². The van der Waals surface area contributed by atoms with Gasteiger partial charge in [0.05, 0.1) is 35.7 Å². The van der Waals surface area contributed by atoms with Crippen LogP contribution in [-0.4, -0.2) is 51.1 Å². The van der Waals surface area contributed by atoms with Gasteiger partial charge >= 0.3 is 6.18 Å². The molecule has 0 fully saturated rings. The van der Waals surface area contributed by atoms with Crippen molar-refractivity contribution in [2.24, 2.45) is 0 Å². The lowest BCUT2D eigenvalue weighted by Crippen LogP contribution is -2.52. The van der Waals surface area contributed by atoms with Gasteiger partial charge < -0.3 is 20.3 Å². The maximum atomic E-state index is 15.8. The maximum Gasteiger partial charge on any atom is 0.424 e. The molecular weight excluding hydrogens is 587 g/mol. The van der Waals surface area contributed by atoms with Crippen molar-refractivity contribution in [1.82, 2.24) is 20.5 Å². The van der Waals surface area contributed by atoms with E-state index in [9.17, 15) is 32.6 Å². The smallest absolute Gasteiger partial charge is 0.424 e. The van der Waals surface area contributed by atoms with Crippen molar-refractivity contribution >= 4 is 28.4 Å². The third-order valence-corrected chi connectivity index (χ3v) is 6.80. The fourth-order valence-electron chi connectivity index (χ4n) is 4.30. The maximum absolute atomic E-state index is 15.8. The molecule has 0 aliphatic carbocycles. The Bertz CT molecular complexity index is 1680. The molecule has 2 aromatic carbocycles. The van der Waals surface area contributed by atoms with E-state index in [1.807, 2.05) is 5.32 Å². The average molecular weight is 611 g/mol.